The van der Waals surface area contributed by atoms with Crippen molar-refractivity contribution in [1.82, 2.24) is 4.57 Å². The summed E-state index contributed by atoms with van der Waals surface area (Å²) in [4.78, 5) is 11.0. The summed E-state index contributed by atoms with van der Waals surface area (Å²) >= 11 is 1.48. The SMILES string of the molecule is CC(C)=N/N=c1\scc(-c2ccc([N+](=O)[O-])cc2)n1C. The number of nitrogens with zero attached hydrogens (tertiary/aromatic N) is 4. The molecule has 0 bridgehead atoms. The van der Waals surface area contributed by atoms with E-state index in [1.165, 1.54) is 23.5 Å². The topological polar surface area (TPSA) is 72.8 Å². The van der Waals surface area contributed by atoms with Crippen LogP contribution in [0.15, 0.2) is 39.8 Å². The molecule has 0 aliphatic heterocycles. The Hall–Kier alpha value is -2.28. The Morgan fingerprint density at radius 2 is 1.95 bits per heavy atom. The Morgan fingerprint density at radius 3 is 2.50 bits per heavy atom. The quantitative estimate of drug-likeness (QED) is 0.495. The lowest BCUT2D eigenvalue weighted by molar-refractivity contribution is -0.384. The van der Waals surface area contributed by atoms with Gasteiger partial charge < -0.3 is 4.57 Å². The lowest BCUT2D eigenvalue weighted by Gasteiger charge is -2.02. The van der Waals surface area contributed by atoms with Gasteiger partial charge in [-0.3, -0.25) is 10.1 Å². The number of nitro benzene ring substituents is 1. The van der Waals surface area contributed by atoms with Crippen molar-refractivity contribution in [2.24, 2.45) is 17.3 Å². The van der Waals surface area contributed by atoms with E-state index in [1.807, 2.05) is 30.8 Å². The van der Waals surface area contributed by atoms with E-state index in [1.54, 1.807) is 12.1 Å². The Kier molecular flexibility index (Phi) is 4.09. The molecule has 6 nitrogen and oxygen atoms in total. The Labute approximate surface area is 119 Å². The molecule has 1 heterocycles. The van der Waals surface area contributed by atoms with Crippen LogP contribution in [0.4, 0.5) is 5.69 Å². The normalized spacial score (nSPS) is 11.4. The maximum atomic E-state index is 10.6. The molecule has 0 saturated heterocycles. The smallest absolute Gasteiger partial charge is 0.269 e. The van der Waals surface area contributed by atoms with Crippen LogP contribution in [0.5, 0.6) is 0 Å². The lowest BCUT2D eigenvalue weighted by Crippen LogP contribution is -2.10. The summed E-state index contributed by atoms with van der Waals surface area (Å²) in [6.07, 6.45) is 0. The molecule has 0 N–H and O–H groups in total. The molecule has 1 aromatic heterocycles. The van der Waals surface area contributed by atoms with Crippen molar-refractivity contribution in [1.29, 1.82) is 0 Å². The first-order chi connectivity index (χ1) is 9.49. The van der Waals surface area contributed by atoms with E-state index in [4.69, 9.17) is 0 Å². The molecule has 0 fully saturated rings. The number of hydrogen-bond acceptors (Lipinski definition) is 5. The molecule has 2 rings (SSSR count). The van der Waals surface area contributed by atoms with E-state index in [-0.39, 0.29) is 5.69 Å². The Bertz CT molecular complexity index is 722. The Balaban J connectivity index is 2.42. The molecular formula is C13H14N4O2S. The predicted octanol–water partition coefficient (Wildman–Crippen LogP) is 2.96. The molecule has 0 unspecified atom stereocenters. The van der Waals surface area contributed by atoms with Gasteiger partial charge in [-0.2, -0.15) is 5.10 Å². The fraction of sp³-hybridized carbons (Fsp3) is 0.231. The van der Waals surface area contributed by atoms with Crippen molar-refractivity contribution < 1.29 is 4.92 Å². The van der Waals surface area contributed by atoms with E-state index in [0.29, 0.717) is 0 Å². The second-order valence-electron chi connectivity index (χ2n) is 4.41. The van der Waals surface area contributed by atoms with Crippen LogP contribution in [0.3, 0.4) is 0 Å². The highest BCUT2D eigenvalue weighted by molar-refractivity contribution is 7.07. The first kappa shape index (κ1) is 14.1. The minimum atomic E-state index is -0.406. The van der Waals surface area contributed by atoms with Gasteiger partial charge in [-0.25, -0.2) is 0 Å². The molecule has 1 aromatic carbocycles. The van der Waals surface area contributed by atoms with Crippen LogP contribution in [-0.4, -0.2) is 15.2 Å². The van der Waals surface area contributed by atoms with E-state index >= 15 is 0 Å². The van der Waals surface area contributed by atoms with Crippen LogP contribution >= 0.6 is 11.3 Å². The number of nitro groups is 1. The zero-order chi connectivity index (χ0) is 14.7. The molecule has 104 valence electrons. The largest absolute Gasteiger partial charge is 0.318 e. The molecule has 0 spiro atoms. The van der Waals surface area contributed by atoms with E-state index in [9.17, 15) is 10.1 Å². The number of aromatic nitrogens is 1. The van der Waals surface area contributed by atoms with Crippen molar-refractivity contribution in [3.8, 4) is 11.3 Å². The van der Waals surface area contributed by atoms with Gasteiger partial charge in [0.1, 0.15) is 0 Å². The number of thiazole rings is 1. The first-order valence-electron chi connectivity index (χ1n) is 5.93. The van der Waals surface area contributed by atoms with Gasteiger partial charge in [0, 0.05) is 30.3 Å². The van der Waals surface area contributed by atoms with Crippen molar-refractivity contribution in [3.63, 3.8) is 0 Å². The third-order valence-corrected chi connectivity index (χ3v) is 3.54. The number of non-ortho nitro benzene ring substituents is 1. The number of hydrogen-bond donors (Lipinski definition) is 0. The molecule has 20 heavy (non-hydrogen) atoms. The molecule has 0 atom stereocenters. The van der Waals surface area contributed by atoms with Crippen molar-refractivity contribution in [2.75, 3.05) is 0 Å². The molecule has 0 amide bonds. The Morgan fingerprint density at radius 1 is 1.30 bits per heavy atom. The van der Waals surface area contributed by atoms with Crippen molar-refractivity contribution in [2.45, 2.75) is 13.8 Å². The fourth-order valence-electron chi connectivity index (χ4n) is 1.62. The molecule has 0 aliphatic rings. The minimum absolute atomic E-state index is 0.0859. The van der Waals surface area contributed by atoms with Crippen LogP contribution in [0.1, 0.15) is 13.8 Å². The second-order valence-corrected chi connectivity index (χ2v) is 5.25. The fourth-order valence-corrected chi connectivity index (χ4v) is 2.47. The molecule has 0 saturated carbocycles. The first-order valence-corrected chi connectivity index (χ1v) is 6.81. The summed E-state index contributed by atoms with van der Waals surface area (Å²) in [5.41, 5.74) is 2.83. The summed E-state index contributed by atoms with van der Waals surface area (Å²) in [5, 5.41) is 20.8. The molecule has 0 aliphatic carbocycles. The molecular weight excluding hydrogens is 276 g/mol. The highest BCUT2D eigenvalue weighted by atomic mass is 32.1. The summed E-state index contributed by atoms with van der Waals surface area (Å²) in [6.45, 7) is 3.77. The number of rotatable bonds is 3. The standard InChI is InChI=1S/C13H14N4O2S/c1-9(2)14-15-13-16(3)12(8-20-13)10-4-6-11(7-5-10)17(18)19/h4-8H,1-3H3/b15-13-. The van der Waals surface area contributed by atoms with Gasteiger partial charge in [-0.15, -0.1) is 16.4 Å². The van der Waals surface area contributed by atoms with Gasteiger partial charge in [-0.1, -0.05) is 0 Å². The minimum Gasteiger partial charge on any atom is -0.318 e. The van der Waals surface area contributed by atoms with Crippen molar-refractivity contribution in [3.05, 3.63) is 44.6 Å². The van der Waals surface area contributed by atoms with Gasteiger partial charge in [0.05, 0.1) is 10.6 Å². The van der Waals surface area contributed by atoms with E-state index in [2.05, 4.69) is 10.2 Å². The van der Waals surface area contributed by atoms with Gasteiger partial charge in [0.25, 0.3) is 5.69 Å². The summed E-state index contributed by atoms with van der Waals surface area (Å²) in [6, 6.07) is 6.47. The summed E-state index contributed by atoms with van der Waals surface area (Å²) < 4.78 is 1.91. The highest BCUT2D eigenvalue weighted by Gasteiger charge is 2.08. The zero-order valence-corrected chi connectivity index (χ0v) is 12.2. The van der Waals surface area contributed by atoms with Crippen LogP contribution < -0.4 is 4.80 Å². The molecule has 0 radical (unpaired) electrons. The maximum absolute atomic E-state index is 10.6. The molecule has 7 heteroatoms. The van der Waals surface area contributed by atoms with E-state index in [0.717, 1.165) is 21.8 Å². The van der Waals surface area contributed by atoms with Crippen LogP contribution in [-0.2, 0) is 7.05 Å². The monoisotopic (exact) mass is 290 g/mol. The van der Waals surface area contributed by atoms with E-state index < -0.39 is 4.92 Å². The molecule has 2 aromatic rings. The average Bonchev–Trinajstić information content (AvgIpc) is 2.78. The number of benzene rings is 1. The predicted molar refractivity (Wildman–Crippen MR) is 79.7 cm³/mol. The van der Waals surface area contributed by atoms with Crippen LogP contribution in [0.2, 0.25) is 0 Å². The van der Waals surface area contributed by atoms with Crippen molar-refractivity contribution >= 4 is 22.7 Å². The average molecular weight is 290 g/mol. The van der Waals surface area contributed by atoms with Gasteiger partial charge in [0.2, 0.25) is 4.80 Å². The third-order valence-electron chi connectivity index (χ3n) is 2.63. The second kappa shape index (κ2) is 5.79. The summed E-state index contributed by atoms with van der Waals surface area (Å²) in [7, 11) is 1.90. The third kappa shape index (κ3) is 3.00. The van der Waals surface area contributed by atoms with Crippen LogP contribution in [0, 0.1) is 10.1 Å². The summed E-state index contributed by atoms with van der Waals surface area (Å²) in [5.74, 6) is 0. The zero-order valence-electron chi connectivity index (χ0n) is 11.4. The van der Waals surface area contributed by atoms with Gasteiger partial charge >= 0.3 is 0 Å². The van der Waals surface area contributed by atoms with Crippen LogP contribution in [0.25, 0.3) is 11.3 Å². The van der Waals surface area contributed by atoms with Gasteiger partial charge in [-0.05, 0) is 31.5 Å². The highest BCUT2D eigenvalue weighted by Crippen LogP contribution is 2.22. The maximum Gasteiger partial charge on any atom is 0.269 e. The lowest BCUT2D eigenvalue weighted by atomic mass is 10.1. The van der Waals surface area contributed by atoms with Gasteiger partial charge in [0.15, 0.2) is 0 Å².